The predicted molar refractivity (Wildman–Crippen MR) is 111 cm³/mol. The molecule has 1 aromatic rings. The molecule has 2 saturated heterocycles. The van der Waals surface area contributed by atoms with Crippen LogP contribution in [-0.4, -0.2) is 61.8 Å². The maximum absolute atomic E-state index is 12.8. The highest BCUT2D eigenvalue weighted by Crippen LogP contribution is 2.26. The molecular formula is C22H32N2O3S. The normalized spacial score (nSPS) is 24.1. The molecule has 5 nitrogen and oxygen atoms in total. The summed E-state index contributed by atoms with van der Waals surface area (Å²) >= 11 is 0. The Balaban J connectivity index is 1.20. The zero-order chi connectivity index (χ0) is 19.6. The van der Waals surface area contributed by atoms with E-state index in [0.717, 1.165) is 64.8 Å². The molecule has 0 saturated carbocycles. The molecule has 3 aliphatic heterocycles. The van der Waals surface area contributed by atoms with Gasteiger partial charge in [0.1, 0.15) is 9.84 Å². The SMILES string of the molecule is O=C(CC1CCN(CC2CCS(=O)(=O)CC2)CC1)N1CCc2ccccc2C1. The zero-order valence-corrected chi connectivity index (χ0v) is 17.5. The molecule has 0 radical (unpaired) electrons. The van der Waals surface area contributed by atoms with Crippen LogP contribution in [-0.2, 0) is 27.6 Å². The van der Waals surface area contributed by atoms with Crippen molar-refractivity contribution >= 4 is 15.7 Å². The number of carbonyl (C=O) groups excluding carboxylic acids is 1. The largest absolute Gasteiger partial charge is 0.338 e. The number of rotatable bonds is 4. The number of hydrogen-bond donors (Lipinski definition) is 0. The van der Waals surface area contributed by atoms with Crippen LogP contribution >= 0.6 is 0 Å². The molecule has 1 amide bonds. The smallest absolute Gasteiger partial charge is 0.223 e. The van der Waals surface area contributed by atoms with Crippen LogP contribution in [0.3, 0.4) is 0 Å². The van der Waals surface area contributed by atoms with Gasteiger partial charge in [0.05, 0.1) is 11.5 Å². The molecule has 0 N–H and O–H groups in total. The minimum Gasteiger partial charge on any atom is -0.338 e. The third-order valence-corrected chi connectivity index (χ3v) is 8.56. The Morgan fingerprint density at radius 2 is 1.61 bits per heavy atom. The maximum Gasteiger partial charge on any atom is 0.223 e. The van der Waals surface area contributed by atoms with Gasteiger partial charge in [-0.2, -0.15) is 0 Å². The van der Waals surface area contributed by atoms with Gasteiger partial charge in [0, 0.05) is 26.1 Å². The molecular weight excluding hydrogens is 372 g/mol. The topological polar surface area (TPSA) is 57.7 Å². The molecule has 0 atom stereocenters. The molecule has 0 bridgehead atoms. The lowest BCUT2D eigenvalue weighted by atomic mass is 9.91. The Bertz CT molecular complexity index is 786. The number of sulfone groups is 1. The number of amides is 1. The zero-order valence-electron chi connectivity index (χ0n) is 16.7. The number of benzene rings is 1. The highest BCUT2D eigenvalue weighted by Gasteiger charge is 2.29. The second-order valence-corrected chi connectivity index (χ2v) is 11.2. The third-order valence-electron chi connectivity index (χ3n) is 6.84. The van der Waals surface area contributed by atoms with Crippen LogP contribution in [0, 0.1) is 11.8 Å². The van der Waals surface area contributed by atoms with Crippen molar-refractivity contribution in [2.24, 2.45) is 11.8 Å². The van der Waals surface area contributed by atoms with Crippen molar-refractivity contribution in [3.63, 3.8) is 0 Å². The van der Waals surface area contributed by atoms with E-state index in [4.69, 9.17) is 0 Å². The van der Waals surface area contributed by atoms with E-state index in [1.54, 1.807) is 0 Å². The van der Waals surface area contributed by atoms with Gasteiger partial charge in [-0.25, -0.2) is 8.42 Å². The lowest BCUT2D eigenvalue weighted by molar-refractivity contribution is -0.133. The molecule has 1 aromatic carbocycles. The van der Waals surface area contributed by atoms with Crippen molar-refractivity contribution in [1.82, 2.24) is 9.80 Å². The van der Waals surface area contributed by atoms with Crippen LogP contribution < -0.4 is 0 Å². The Kier molecular flexibility index (Phi) is 6.07. The number of carbonyl (C=O) groups is 1. The van der Waals surface area contributed by atoms with Crippen LogP contribution in [0.1, 0.15) is 43.2 Å². The van der Waals surface area contributed by atoms with Crippen molar-refractivity contribution < 1.29 is 13.2 Å². The molecule has 3 heterocycles. The summed E-state index contributed by atoms with van der Waals surface area (Å²) in [6.45, 7) is 4.73. The minimum atomic E-state index is -2.77. The van der Waals surface area contributed by atoms with E-state index in [2.05, 4.69) is 29.2 Å². The van der Waals surface area contributed by atoms with Gasteiger partial charge < -0.3 is 9.80 Å². The molecule has 0 aromatic heterocycles. The molecule has 28 heavy (non-hydrogen) atoms. The van der Waals surface area contributed by atoms with Crippen LogP contribution in [0.15, 0.2) is 24.3 Å². The van der Waals surface area contributed by atoms with Crippen molar-refractivity contribution in [1.29, 1.82) is 0 Å². The van der Waals surface area contributed by atoms with E-state index in [0.29, 0.717) is 35.7 Å². The van der Waals surface area contributed by atoms with Crippen molar-refractivity contribution in [2.75, 3.05) is 37.7 Å². The Labute approximate surface area is 169 Å². The number of likely N-dealkylation sites (tertiary alicyclic amines) is 1. The number of piperidine rings is 1. The average molecular weight is 405 g/mol. The van der Waals surface area contributed by atoms with Crippen LogP contribution in [0.5, 0.6) is 0 Å². The van der Waals surface area contributed by atoms with Gasteiger partial charge in [-0.1, -0.05) is 24.3 Å². The summed E-state index contributed by atoms with van der Waals surface area (Å²) in [6, 6.07) is 8.46. The van der Waals surface area contributed by atoms with Gasteiger partial charge in [-0.15, -0.1) is 0 Å². The second kappa shape index (κ2) is 8.54. The monoisotopic (exact) mass is 404 g/mol. The fourth-order valence-corrected chi connectivity index (χ4v) is 6.53. The van der Waals surface area contributed by atoms with Crippen molar-refractivity contribution in [3.05, 3.63) is 35.4 Å². The minimum absolute atomic E-state index is 0.311. The molecule has 4 rings (SSSR count). The van der Waals surface area contributed by atoms with E-state index in [-0.39, 0.29) is 0 Å². The Morgan fingerprint density at radius 1 is 0.929 bits per heavy atom. The number of nitrogens with zero attached hydrogens (tertiary/aromatic N) is 2. The van der Waals surface area contributed by atoms with Gasteiger partial charge in [-0.3, -0.25) is 4.79 Å². The van der Waals surface area contributed by atoms with E-state index in [1.807, 2.05) is 4.90 Å². The molecule has 0 spiro atoms. The van der Waals surface area contributed by atoms with Crippen molar-refractivity contribution in [3.8, 4) is 0 Å². The van der Waals surface area contributed by atoms with Crippen molar-refractivity contribution in [2.45, 2.75) is 45.1 Å². The van der Waals surface area contributed by atoms with E-state index < -0.39 is 9.84 Å². The summed E-state index contributed by atoms with van der Waals surface area (Å²) in [7, 11) is -2.77. The molecule has 154 valence electrons. The number of hydrogen-bond acceptors (Lipinski definition) is 4. The summed E-state index contributed by atoms with van der Waals surface area (Å²) in [5.74, 6) is 2.05. The summed E-state index contributed by atoms with van der Waals surface area (Å²) in [4.78, 5) is 17.3. The lowest BCUT2D eigenvalue weighted by Gasteiger charge is -2.36. The molecule has 0 aliphatic carbocycles. The summed E-state index contributed by atoms with van der Waals surface area (Å²) < 4.78 is 23.2. The lowest BCUT2D eigenvalue weighted by Crippen LogP contribution is -2.41. The first kappa shape index (κ1) is 19.9. The highest BCUT2D eigenvalue weighted by atomic mass is 32.2. The molecule has 2 fully saturated rings. The fourth-order valence-electron chi connectivity index (χ4n) is 4.94. The average Bonchev–Trinajstić information content (AvgIpc) is 2.70. The van der Waals surface area contributed by atoms with E-state index >= 15 is 0 Å². The van der Waals surface area contributed by atoms with Gasteiger partial charge in [-0.05, 0) is 68.2 Å². The quantitative estimate of drug-likeness (QED) is 0.774. The third kappa shape index (κ3) is 4.95. The van der Waals surface area contributed by atoms with Gasteiger partial charge in [0.2, 0.25) is 5.91 Å². The predicted octanol–water partition coefficient (Wildman–Crippen LogP) is 2.50. The first-order chi connectivity index (χ1) is 13.5. The standard InChI is InChI=1S/C22H32N2O3S/c25-22(24-12-7-20-3-1-2-4-21(20)17-24)15-18-5-10-23(11-6-18)16-19-8-13-28(26,27)14-9-19/h1-4,18-19H,5-17H2. The Morgan fingerprint density at radius 3 is 2.32 bits per heavy atom. The summed E-state index contributed by atoms with van der Waals surface area (Å²) in [6.07, 6.45) is 5.45. The van der Waals surface area contributed by atoms with Crippen LogP contribution in [0.25, 0.3) is 0 Å². The summed E-state index contributed by atoms with van der Waals surface area (Å²) in [5, 5.41) is 0. The highest BCUT2D eigenvalue weighted by molar-refractivity contribution is 7.91. The molecule has 0 unspecified atom stereocenters. The molecule has 3 aliphatic rings. The van der Waals surface area contributed by atoms with Crippen LogP contribution in [0.4, 0.5) is 0 Å². The first-order valence-corrected chi connectivity index (χ1v) is 12.6. The number of fused-ring (bicyclic) bond motifs is 1. The van der Waals surface area contributed by atoms with Gasteiger partial charge in [0.25, 0.3) is 0 Å². The fraction of sp³-hybridized carbons (Fsp3) is 0.682. The Hall–Kier alpha value is -1.40. The summed E-state index contributed by atoms with van der Waals surface area (Å²) in [5.41, 5.74) is 2.68. The molecule has 6 heteroatoms. The van der Waals surface area contributed by atoms with E-state index in [9.17, 15) is 13.2 Å². The van der Waals surface area contributed by atoms with E-state index in [1.165, 1.54) is 11.1 Å². The van der Waals surface area contributed by atoms with Gasteiger partial charge >= 0.3 is 0 Å². The maximum atomic E-state index is 12.8. The first-order valence-electron chi connectivity index (χ1n) is 10.8. The van der Waals surface area contributed by atoms with Gasteiger partial charge in [0.15, 0.2) is 0 Å². The van der Waals surface area contributed by atoms with Crippen LogP contribution in [0.2, 0.25) is 0 Å². The second-order valence-electron chi connectivity index (χ2n) is 8.88.